The van der Waals surface area contributed by atoms with E-state index in [2.05, 4.69) is 10.1 Å². The summed E-state index contributed by atoms with van der Waals surface area (Å²) >= 11 is 1.45. The molecule has 1 aromatic carbocycles. The van der Waals surface area contributed by atoms with Crippen molar-refractivity contribution in [3.63, 3.8) is 0 Å². The largest absolute Gasteiger partial charge is 0.478 e. The Kier molecular flexibility index (Phi) is 3.72. The van der Waals surface area contributed by atoms with Crippen LogP contribution in [0, 0.1) is 12.7 Å². The number of hydrogen-bond acceptors (Lipinski definition) is 4. The van der Waals surface area contributed by atoms with Crippen LogP contribution in [0.25, 0.3) is 11.3 Å². The minimum atomic E-state index is -1.01. The van der Waals surface area contributed by atoms with Gasteiger partial charge < -0.3 is 5.11 Å². The molecule has 3 aromatic rings. The van der Waals surface area contributed by atoms with Crippen molar-refractivity contribution in [2.24, 2.45) is 0 Å². The van der Waals surface area contributed by atoms with Crippen molar-refractivity contribution < 1.29 is 14.3 Å². The van der Waals surface area contributed by atoms with Gasteiger partial charge in [0.2, 0.25) is 0 Å². The molecule has 7 heteroatoms. The molecule has 2 aromatic heterocycles. The number of nitrogens with zero attached hydrogens (tertiary/aromatic N) is 3. The number of hydrogen-bond donors (Lipinski definition) is 1. The monoisotopic (exact) mass is 317 g/mol. The maximum absolute atomic E-state index is 13.3. The van der Waals surface area contributed by atoms with Crippen molar-refractivity contribution in [2.45, 2.75) is 13.5 Å². The Morgan fingerprint density at radius 1 is 1.45 bits per heavy atom. The molecule has 5 nitrogen and oxygen atoms in total. The molecule has 0 atom stereocenters. The van der Waals surface area contributed by atoms with Crippen LogP contribution in [-0.4, -0.2) is 25.8 Å². The van der Waals surface area contributed by atoms with E-state index in [4.69, 9.17) is 5.11 Å². The quantitative estimate of drug-likeness (QED) is 0.802. The van der Waals surface area contributed by atoms with Crippen molar-refractivity contribution in [1.29, 1.82) is 0 Å². The highest BCUT2D eigenvalue weighted by molar-refractivity contribution is 7.09. The first-order valence-corrected chi connectivity index (χ1v) is 7.37. The van der Waals surface area contributed by atoms with Gasteiger partial charge in [-0.15, -0.1) is 11.3 Å². The molecule has 0 unspecified atom stereocenters. The summed E-state index contributed by atoms with van der Waals surface area (Å²) in [4.78, 5) is 15.3. The average Bonchev–Trinajstić information content (AvgIpc) is 3.12. The zero-order chi connectivity index (χ0) is 15.7. The average molecular weight is 317 g/mol. The van der Waals surface area contributed by atoms with Gasteiger partial charge in [-0.05, 0) is 30.7 Å². The smallest absolute Gasteiger partial charge is 0.338 e. The fourth-order valence-corrected chi connectivity index (χ4v) is 2.81. The van der Waals surface area contributed by atoms with Crippen molar-refractivity contribution in [3.8, 4) is 11.3 Å². The molecule has 1 N–H and O–H groups in total. The highest BCUT2D eigenvalue weighted by Crippen LogP contribution is 2.24. The predicted octanol–water partition coefficient (Wildman–Crippen LogP) is 3.20. The second-order valence-corrected chi connectivity index (χ2v) is 5.76. The third kappa shape index (κ3) is 2.89. The van der Waals surface area contributed by atoms with Gasteiger partial charge in [0, 0.05) is 17.1 Å². The molecular formula is C15H12FN3O2S. The summed E-state index contributed by atoms with van der Waals surface area (Å²) in [6.07, 6.45) is 2.77. The fraction of sp³-hybridized carbons (Fsp3) is 0.133. The van der Waals surface area contributed by atoms with Crippen molar-refractivity contribution in [1.82, 2.24) is 14.8 Å². The van der Waals surface area contributed by atoms with Gasteiger partial charge in [0.25, 0.3) is 0 Å². The molecule has 0 saturated carbocycles. The Balaban J connectivity index is 1.80. The summed E-state index contributed by atoms with van der Waals surface area (Å²) < 4.78 is 14.8. The molecule has 0 aliphatic carbocycles. The summed E-state index contributed by atoms with van der Waals surface area (Å²) in [5.41, 5.74) is 2.35. The van der Waals surface area contributed by atoms with Gasteiger partial charge in [-0.1, -0.05) is 0 Å². The van der Waals surface area contributed by atoms with E-state index in [1.54, 1.807) is 19.1 Å². The van der Waals surface area contributed by atoms with Crippen molar-refractivity contribution >= 4 is 17.3 Å². The lowest BCUT2D eigenvalue weighted by atomic mass is 10.1. The van der Waals surface area contributed by atoms with Gasteiger partial charge >= 0.3 is 5.97 Å². The molecule has 112 valence electrons. The van der Waals surface area contributed by atoms with Gasteiger partial charge in [-0.3, -0.25) is 4.68 Å². The van der Waals surface area contributed by atoms with E-state index in [9.17, 15) is 9.18 Å². The first kappa shape index (κ1) is 14.4. The number of aromatic nitrogens is 3. The SMILES string of the molecule is Cc1cc(-c2csc(Cn3cc(C(=O)O)cn3)n2)ccc1F. The maximum atomic E-state index is 13.3. The number of carbonyl (C=O) groups is 1. The first-order chi connectivity index (χ1) is 10.5. The van der Waals surface area contributed by atoms with Gasteiger partial charge in [-0.2, -0.15) is 5.10 Å². The Labute approximate surface area is 129 Å². The number of thiazole rings is 1. The molecule has 0 amide bonds. The Morgan fingerprint density at radius 2 is 2.27 bits per heavy atom. The number of aromatic carboxylic acids is 1. The normalized spacial score (nSPS) is 10.8. The standard InChI is InChI=1S/C15H12FN3O2S/c1-9-4-10(2-3-12(9)16)13-8-22-14(18-13)7-19-6-11(5-17-19)15(20)21/h2-6,8H,7H2,1H3,(H,20,21). The van der Waals surface area contributed by atoms with Crippen LogP contribution in [0.15, 0.2) is 36.0 Å². The van der Waals surface area contributed by atoms with E-state index in [1.807, 2.05) is 5.38 Å². The lowest BCUT2D eigenvalue weighted by Gasteiger charge is -2.00. The minimum Gasteiger partial charge on any atom is -0.478 e. The lowest BCUT2D eigenvalue weighted by molar-refractivity contribution is 0.0697. The topological polar surface area (TPSA) is 68.0 Å². The Hall–Kier alpha value is -2.54. The minimum absolute atomic E-state index is 0.144. The molecule has 3 rings (SSSR count). The van der Waals surface area contributed by atoms with Gasteiger partial charge in [0.15, 0.2) is 0 Å². The molecule has 22 heavy (non-hydrogen) atoms. The predicted molar refractivity (Wildman–Crippen MR) is 80.5 cm³/mol. The lowest BCUT2D eigenvalue weighted by Crippen LogP contribution is -2.00. The molecule has 0 aliphatic rings. The van der Waals surface area contributed by atoms with E-state index in [-0.39, 0.29) is 11.4 Å². The zero-order valence-corrected chi connectivity index (χ0v) is 12.5. The van der Waals surface area contributed by atoms with E-state index >= 15 is 0 Å². The molecular weight excluding hydrogens is 305 g/mol. The highest BCUT2D eigenvalue weighted by atomic mass is 32.1. The van der Waals surface area contributed by atoms with E-state index in [1.165, 1.54) is 34.5 Å². The first-order valence-electron chi connectivity index (χ1n) is 6.49. The van der Waals surface area contributed by atoms with Crippen LogP contribution in [0.4, 0.5) is 4.39 Å². The van der Waals surface area contributed by atoms with Crippen LogP contribution >= 0.6 is 11.3 Å². The fourth-order valence-electron chi connectivity index (χ4n) is 2.02. The highest BCUT2D eigenvalue weighted by Gasteiger charge is 2.10. The second-order valence-electron chi connectivity index (χ2n) is 4.82. The molecule has 0 bridgehead atoms. The third-order valence-corrected chi connectivity index (χ3v) is 4.02. The van der Waals surface area contributed by atoms with E-state index in [0.29, 0.717) is 12.1 Å². The van der Waals surface area contributed by atoms with Crippen molar-refractivity contribution in [2.75, 3.05) is 0 Å². The molecule has 0 radical (unpaired) electrons. The van der Waals surface area contributed by atoms with Gasteiger partial charge in [0.1, 0.15) is 10.8 Å². The number of rotatable bonds is 4. The molecule has 0 spiro atoms. The number of carboxylic acid groups (broad SMARTS) is 1. The van der Waals surface area contributed by atoms with E-state index in [0.717, 1.165) is 16.3 Å². The summed E-state index contributed by atoms with van der Waals surface area (Å²) in [7, 11) is 0. The summed E-state index contributed by atoms with van der Waals surface area (Å²) in [6, 6.07) is 4.87. The summed E-state index contributed by atoms with van der Waals surface area (Å²) in [6.45, 7) is 2.11. The number of aryl methyl sites for hydroxylation is 1. The second kappa shape index (κ2) is 5.69. The van der Waals surface area contributed by atoms with Crippen molar-refractivity contribution in [3.05, 3.63) is 57.9 Å². The number of benzene rings is 1. The van der Waals surface area contributed by atoms with Gasteiger partial charge in [-0.25, -0.2) is 14.2 Å². The van der Waals surface area contributed by atoms with Crippen LogP contribution in [0.1, 0.15) is 20.9 Å². The molecule has 2 heterocycles. The van der Waals surface area contributed by atoms with E-state index < -0.39 is 5.97 Å². The third-order valence-electron chi connectivity index (χ3n) is 3.18. The zero-order valence-electron chi connectivity index (χ0n) is 11.7. The van der Waals surface area contributed by atoms with Crippen LogP contribution in [-0.2, 0) is 6.54 Å². The van der Waals surface area contributed by atoms with Crippen LogP contribution < -0.4 is 0 Å². The van der Waals surface area contributed by atoms with Crippen LogP contribution in [0.2, 0.25) is 0 Å². The molecule has 0 aliphatic heterocycles. The number of carboxylic acids is 1. The molecule has 0 fully saturated rings. The van der Waals surface area contributed by atoms with Crippen LogP contribution in [0.3, 0.4) is 0 Å². The maximum Gasteiger partial charge on any atom is 0.338 e. The Bertz CT molecular complexity index is 841. The van der Waals surface area contributed by atoms with Crippen LogP contribution in [0.5, 0.6) is 0 Å². The Morgan fingerprint density at radius 3 is 2.95 bits per heavy atom. The summed E-state index contributed by atoms with van der Waals surface area (Å²) in [5.74, 6) is -1.25. The summed E-state index contributed by atoms with van der Waals surface area (Å²) in [5, 5.41) is 15.6. The molecule has 0 saturated heterocycles. The number of halogens is 1. The van der Waals surface area contributed by atoms with Gasteiger partial charge in [0.05, 0.1) is 24.0 Å².